The summed E-state index contributed by atoms with van der Waals surface area (Å²) in [6.07, 6.45) is -9.61. The summed E-state index contributed by atoms with van der Waals surface area (Å²) >= 11 is 0. The lowest BCUT2D eigenvalue weighted by Gasteiger charge is -2.40. The summed E-state index contributed by atoms with van der Waals surface area (Å²) in [6.45, 7) is 12.1. The minimum Gasteiger partial charge on any atom is -0.504 e. The number of hydrogen-bond acceptors (Lipinski definition) is 13. The van der Waals surface area contributed by atoms with E-state index in [0.717, 1.165) is 12.1 Å². The van der Waals surface area contributed by atoms with Crippen molar-refractivity contribution in [2.45, 2.75) is 103 Å². The van der Waals surface area contributed by atoms with Gasteiger partial charge in [-0.15, -0.1) is 0 Å². The maximum Gasteiger partial charge on any atom is 0.329 e. The maximum atomic E-state index is 13.5. The van der Waals surface area contributed by atoms with Crippen molar-refractivity contribution in [1.82, 2.24) is 10.6 Å². The first-order valence-electron chi connectivity index (χ1n) is 16.6. The Balaban J connectivity index is 1.57. The number of phenols is 2. The molecule has 0 unspecified atom stereocenters. The number of carbonyl (C=O) groups excluding carboxylic acids is 3. The van der Waals surface area contributed by atoms with Crippen LogP contribution in [0.1, 0.15) is 54.9 Å². The number of aliphatic hydroxyl groups excluding tert-OH is 3. The largest absolute Gasteiger partial charge is 0.504 e. The first-order chi connectivity index (χ1) is 23.8. The zero-order chi connectivity index (χ0) is 37.9. The van der Waals surface area contributed by atoms with Gasteiger partial charge < -0.3 is 54.8 Å². The number of fused-ring (bicyclic) bond motifs is 1. The van der Waals surface area contributed by atoms with Crippen molar-refractivity contribution < 1.29 is 58.5 Å². The minimum atomic E-state index is -2.02. The molecule has 15 nitrogen and oxygen atoms in total. The van der Waals surface area contributed by atoms with Gasteiger partial charge >= 0.3 is 5.97 Å². The lowest BCUT2D eigenvalue weighted by atomic mass is 9.96. The Morgan fingerprint density at radius 2 is 1.55 bits per heavy atom. The molecule has 7 atom stereocenters. The minimum absolute atomic E-state index is 0.00330. The van der Waals surface area contributed by atoms with Gasteiger partial charge in [0, 0.05) is 17.7 Å². The molecule has 1 aliphatic heterocycles. The predicted molar refractivity (Wildman–Crippen MR) is 183 cm³/mol. The number of aromatic hydroxyl groups is 2. The van der Waals surface area contributed by atoms with E-state index in [1.807, 2.05) is 13.8 Å². The standard InChI is InChI=1S/C36H46N2O13/c1-16(2)13-19(34(47)51-36(5,6)7)37-32(45)25(17(3)4)38-33(46)31-29(43)28(42)30(44)35(50-31)49-23-15-22-24(27(41)26(23)40)20(39)14-21(48-22)18-11-9-8-10-12-18/h8-12,14-17,19,25,28-31,35,40-44H,13H2,1-7H3,(H,37,45)(H,38,46)/t19-,25-,28-,29+,30+,31-,35-/m1/s1. The smallest absolute Gasteiger partial charge is 0.329 e. The van der Waals surface area contributed by atoms with Gasteiger partial charge in [0.2, 0.25) is 17.9 Å². The molecule has 2 aromatic carbocycles. The summed E-state index contributed by atoms with van der Waals surface area (Å²) in [7, 11) is 0. The third-order valence-electron chi connectivity index (χ3n) is 8.02. The van der Waals surface area contributed by atoms with Gasteiger partial charge in [0.25, 0.3) is 5.91 Å². The zero-order valence-electron chi connectivity index (χ0n) is 29.4. The van der Waals surface area contributed by atoms with Crippen LogP contribution in [0.4, 0.5) is 0 Å². The van der Waals surface area contributed by atoms with Gasteiger partial charge in [-0.3, -0.25) is 14.4 Å². The lowest BCUT2D eigenvalue weighted by Crippen LogP contribution is -2.64. The van der Waals surface area contributed by atoms with Gasteiger partial charge in [0.1, 0.15) is 52.7 Å². The van der Waals surface area contributed by atoms with Crippen LogP contribution >= 0.6 is 0 Å². The van der Waals surface area contributed by atoms with Crippen molar-refractivity contribution in [3.8, 4) is 28.6 Å². The Kier molecular flexibility index (Phi) is 12.0. The fourth-order valence-corrected chi connectivity index (χ4v) is 5.48. The van der Waals surface area contributed by atoms with Crippen LogP contribution in [0.2, 0.25) is 0 Å². The van der Waals surface area contributed by atoms with Crippen LogP contribution in [0.5, 0.6) is 17.2 Å². The fraction of sp³-hybridized carbons (Fsp3) is 0.500. The van der Waals surface area contributed by atoms with Crippen molar-refractivity contribution in [1.29, 1.82) is 0 Å². The van der Waals surface area contributed by atoms with Crippen LogP contribution in [0.25, 0.3) is 22.3 Å². The third kappa shape index (κ3) is 9.16. The summed E-state index contributed by atoms with van der Waals surface area (Å²) in [5.74, 6) is -5.24. The average molecular weight is 715 g/mol. The van der Waals surface area contributed by atoms with Gasteiger partial charge in [-0.2, -0.15) is 0 Å². The number of esters is 1. The van der Waals surface area contributed by atoms with Crippen molar-refractivity contribution in [3.63, 3.8) is 0 Å². The second kappa shape index (κ2) is 15.7. The van der Waals surface area contributed by atoms with E-state index in [1.54, 1.807) is 65.0 Å². The highest BCUT2D eigenvalue weighted by atomic mass is 16.7. The molecule has 0 radical (unpaired) electrons. The fourth-order valence-electron chi connectivity index (χ4n) is 5.48. The van der Waals surface area contributed by atoms with E-state index >= 15 is 0 Å². The number of benzene rings is 2. The Morgan fingerprint density at radius 3 is 2.14 bits per heavy atom. The Labute approximate surface area is 294 Å². The monoisotopic (exact) mass is 714 g/mol. The van der Waals surface area contributed by atoms with Gasteiger partial charge in [0.05, 0.1) is 0 Å². The molecule has 15 heteroatoms. The third-order valence-corrected chi connectivity index (χ3v) is 8.02. The quantitative estimate of drug-likeness (QED) is 0.111. The Hall–Kier alpha value is -4.70. The molecule has 2 amide bonds. The SMILES string of the molecule is CC(C)C[C@@H](NC(=O)[C@H](NC(=O)[C@@H]1O[C@@H](Oc2cc3oc(-c4ccccc4)cc(=O)c3c(O)c2O)[C@@H](O)[C@H](O)[C@@H]1O)C(C)C)C(=O)OC(C)(C)C. The molecule has 1 aliphatic rings. The summed E-state index contributed by atoms with van der Waals surface area (Å²) in [6, 6.07) is 8.49. The van der Waals surface area contributed by atoms with Gasteiger partial charge in [0.15, 0.2) is 23.0 Å². The molecule has 51 heavy (non-hydrogen) atoms. The van der Waals surface area contributed by atoms with Crippen molar-refractivity contribution in [2.24, 2.45) is 11.8 Å². The molecule has 0 bridgehead atoms. The lowest BCUT2D eigenvalue weighted by molar-refractivity contribution is -0.267. The number of phenolic OH excluding ortho intramolecular Hbond substituents is 2. The molecule has 278 valence electrons. The number of hydrogen-bond donors (Lipinski definition) is 7. The number of aliphatic hydroxyl groups is 3. The molecule has 3 aromatic rings. The molecule has 4 rings (SSSR count). The van der Waals surface area contributed by atoms with E-state index in [0.29, 0.717) is 5.56 Å². The van der Waals surface area contributed by atoms with Crippen molar-refractivity contribution in [2.75, 3.05) is 0 Å². The second-order valence-corrected chi connectivity index (χ2v) is 14.3. The summed E-state index contributed by atoms with van der Waals surface area (Å²) in [5, 5.41) is 58.3. The van der Waals surface area contributed by atoms with E-state index in [2.05, 4.69) is 10.6 Å². The van der Waals surface area contributed by atoms with Crippen LogP contribution in [0, 0.1) is 11.8 Å². The summed E-state index contributed by atoms with van der Waals surface area (Å²) in [5.41, 5.74) is -1.16. The van der Waals surface area contributed by atoms with Crippen LogP contribution < -0.4 is 20.8 Å². The van der Waals surface area contributed by atoms with Crippen molar-refractivity contribution in [3.05, 3.63) is 52.7 Å². The van der Waals surface area contributed by atoms with E-state index in [9.17, 15) is 44.7 Å². The van der Waals surface area contributed by atoms with E-state index in [4.69, 9.17) is 18.6 Å². The number of rotatable bonds is 11. The highest BCUT2D eigenvalue weighted by Crippen LogP contribution is 2.42. The first-order valence-corrected chi connectivity index (χ1v) is 16.6. The molecule has 1 aromatic heterocycles. The van der Waals surface area contributed by atoms with Gasteiger partial charge in [-0.1, -0.05) is 58.0 Å². The maximum absolute atomic E-state index is 13.5. The Bertz CT molecular complexity index is 1780. The number of carbonyl (C=O) groups is 3. The van der Waals surface area contributed by atoms with Crippen LogP contribution in [-0.4, -0.2) is 91.7 Å². The Morgan fingerprint density at radius 1 is 0.902 bits per heavy atom. The van der Waals surface area contributed by atoms with Gasteiger partial charge in [-0.25, -0.2) is 4.79 Å². The summed E-state index contributed by atoms with van der Waals surface area (Å²) < 4.78 is 22.5. The van der Waals surface area contributed by atoms with Crippen molar-refractivity contribution >= 4 is 28.8 Å². The highest BCUT2D eigenvalue weighted by Gasteiger charge is 2.49. The molecule has 2 heterocycles. The number of amides is 2. The second-order valence-electron chi connectivity index (χ2n) is 14.3. The van der Waals surface area contributed by atoms with E-state index in [-0.39, 0.29) is 29.1 Å². The molecular weight excluding hydrogens is 668 g/mol. The topological polar surface area (TPSA) is 234 Å². The molecule has 1 saturated heterocycles. The normalized spacial score (nSPS) is 22.0. The molecule has 0 spiro atoms. The number of ether oxygens (including phenoxy) is 3. The number of nitrogens with one attached hydrogen (secondary N) is 2. The van der Waals surface area contributed by atoms with E-state index in [1.165, 1.54) is 0 Å². The zero-order valence-corrected chi connectivity index (χ0v) is 29.4. The summed E-state index contributed by atoms with van der Waals surface area (Å²) in [4.78, 5) is 52.8. The molecule has 0 saturated carbocycles. The van der Waals surface area contributed by atoms with Crippen LogP contribution in [0.3, 0.4) is 0 Å². The first kappa shape index (κ1) is 39.1. The molecule has 1 fully saturated rings. The molecule has 7 N–H and O–H groups in total. The van der Waals surface area contributed by atoms with Crippen LogP contribution in [-0.2, 0) is 23.9 Å². The molecule has 0 aliphatic carbocycles. The highest BCUT2D eigenvalue weighted by molar-refractivity contribution is 5.92. The van der Waals surface area contributed by atoms with Crippen LogP contribution in [0.15, 0.2) is 51.7 Å². The average Bonchev–Trinajstić information content (AvgIpc) is 3.04. The van der Waals surface area contributed by atoms with E-state index < -0.39 is 94.8 Å². The predicted octanol–water partition coefficient (Wildman–Crippen LogP) is 2.07. The van der Waals surface area contributed by atoms with Gasteiger partial charge in [-0.05, 0) is 39.0 Å². The molecular formula is C36H46N2O13.